The number of halogens is 1. The summed E-state index contributed by atoms with van der Waals surface area (Å²) in [5.41, 5.74) is 2.72. The lowest BCUT2D eigenvalue weighted by Crippen LogP contribution is -2.54. The van der Waals surface area contributed by atoms with E-state index < -0.39 is 0 Å². The summed E-state index contributed by atoms with van der Waals surface area (Å²) in [6.07, 6.45) is 5.27. The van der Waals surface area contributed by atoms with Crippen LogP contribution in [0.3, 0.4) is 0 Å². The molecule has 1 aliphatic heterocycles. The summed E-state index contributed by atoms with van der Waals surface area (Å²) in [4.78, 5) is 26.6. The Hall–Kier alpha value is -3.38. The molecule has 5 rings (SSSR count). The molecular formula is C24H22ClN5O. The van der Waals surface area contributed by atoms with Gasteiger partial charge >= 0.3 is 0 Å². The van der Waals surface area contributed by atoms with E-state index in [4.69, 9.17) is 11.6 Å². The van der Waals surface area contributed by atoms with Crippen molar-refractivity contribution in [2.45, 2.75) is 13.0 Å². The van der Waals surface area contributed by atoms with Gasteiger partial charge in [0, 0.05) is 60.4 Å². The van der Waals surface area contributed by atoms with Crippen LogP contribution in [0.4, 0.5) is 5.69 Å². The first kappa shape index (κ1) is 19.6. The molecule has 3 heterocycles. The Morgan fingerprint density at radius 3 is 2.48 bits per heavy atom. The molecule has 1 fully saturated rings. The molecule has 31 heavy (non-hydrogen) atoms. The predicted octanol–water partition coefficient (Wildman–Crippen LogP) is 4.42. The number of rotatable bonds is 3. The van der Waals surface area contributed by atoms with Crippen LogP contribution >= 0.6 is 11.6 Å². The molecule has 156 valence electrons. The van der Waals surface area contributed by atoms with Crippen molar-refractivity contribution >= 4 is 34.1 Å². The molecule has 0 bridgehead atoms. The lowest BCUT2D eigenvalue weighted by atomic mass is 10.1. The summed E-state index contributed by atoms with van der Waals surface area (Å²) in [6, 6.07) is 17.6. The van der Waals surface area contributed by atoms with Crippen LogP contribution in [0.2, 0.25) is 5.02 Å². The van der Waals surface area contributed by atoms with Crippen molar-refractivity contribution in [1.29, 1.82) is 0 Å². The number of anilines is 1. The monoisotopic (exact) mass is 431 g/mol. The summed E-state index contributed by atoms with van der Waals surface area (Å²) < 4.78 is 1.89. The smallest absolute Gasteiger partial charge is 0.256 e. The number of para-hydroxylation sites is 1. The number of carbonyl (C=O) groups is 1. The Labute approximate surface area is 185 Å². The molecule has 0 spiro atoms. The molecular weight excluding hydrogens is 410 g/mol. The second-order valence-corrected chi connectivity index (χ2v) is 8.19. The van der Waals surface area contributed by atoms with Crippen LogP contribution in [0, 0.1) is 0 Å². The maximum Gasteiger partial charge on any atom is 0.256 e. The van der Waals surface area contributed by atoms with Crippen LogP contribution in [-0.2, 0) is 0 Å². The highest BCUT2D eigenvalue weighted by molar-refractivity contribution is 6.30. The van der Waals surface area contributed by atoms with Gasteiger partial charge in [-0.15, -0.1) is 0 Å². The van der Waals surface area contributed by atoms with Crippen LogP contribution < -0.4 is 4.90 Å². The third kappa shape index (κ3) is 3.64. The van der Waals surface area contributed by atoms with Gasteiger partial charge in [0.25, 0.3) is 5.91 Å². The average Bonchev–Trinajstić information content (AvgIpc) is 3.19. The Kier molecular flexibility index (Phi) is 5.08. The minimum Gasteiger partial charge on any atom is -0.368 e. The molecule has 1 aliphatic rings. The molecule has 0 unspecified atom stereocenters. The molecule has 0 radical (unpaired) electrons. The van der Waals surface area contributed by atoms with Crippen molar-refractivity contribution in [2.75, 3.05) is 24.5 Å². The van der Waals surface area contributed by atoms with Gasteiger partial charge < -0.3 is 9.80 Å². The molecule has 1 atom stereocenters. The predicted molar refractivity (Wildman–Crippen MR) is 123 cm³/mol. The fraction of sp³-hybridized carbons (Fsp3) is 0.208. The average molecular weight is 432 g/mol. The van der Waals surface area contributed by atoms with Crippen molar-refractivity contribution < 1.29 is 4.79 Å². The number of aromatic nitrogens is 3. The zero-order chi connectivity index (χ0) is 21.4. The maximum atomic E-state index is 13.6. The first-order chi connectivity index (χ1) is 15.1. The van der Waals surface area contributed by atoms with Gasteiger partial charge in [0.05, 0.1) is 11.1 Å². The summed E-state index contributed by atoms with van der Waals surface area (Å²) in [5.74, 6) is 0.590. The van der Waals surface area contributed by atoms with E-state index >= 15 is 0 Å². The second kappa shape index (κ2) is 8.04. The van der Waals surface area contributed by atoms with E-state index in [0.717, 1.165) is 34.7 Å². The Balaban J connectivity index is 1.44. The van der Waals surface area contributed by atoms with Gasteiger partial charge in [-0.05, 0) is 43.3 Å². The van der Waals surface area contributed by atoms with Crippen LogP contribution in [0.1, 0.15) is 17.3 Å². The maximum absolute atomic E-state index is 13.6. The normalized spacial score (nSPS) is 16.6. The summed E-state index contributed by atoms with van der Waals surface area (Å²) in [6.45, 7) is 4.30. The van der Waals surface area contributed by atoms with Crippen LogP contribution in [0.15, 0.2) is 73.2 Å². The molecule has 0 aliphatic carbocycles. The van der Waals surface area contributed by atoms with Gasteiger partial charge in [-0.3, -0.25) is 9.36 Å². The van der Waals surface area contributed by atoms with E-state index in [1.807, 2.05) is 64.2 Å². The molecule has 4 aromatic rings. The number of hydrogen-bond acceptors (Lipinski definition) is 4. The first-order valence-corrected chi connectivity index (χ1v) is 10.7. The molecule has 2 aromatic heterocycles. The van der Waals surface area contributed by atoms with Gasteiger partial charge in [0.2, 0.25) is 5.95 Å². The summed E-state index contributed by atoms with van der Waals surface area (Å²) >= 11 is 6.02. The Morgan fingerprint density at radius 2 is 1.74 bits per heavy atom. The summed E-state index contributed by atoms with van der Waals surface area (Å²) in [7, 11) is 0. The largest absolute Gasteiger partial charge is 0.368 e. The topological polar surface area (TPSA) is 54.3 Å². The van der Waals surface area contributed by atoms with Crippen LogP contribution in [0.5, 0.6) is 0 Å². The molecule has 1 amide bonds. The van der Waals surface area contributed by atoms with Crippen molar-refractivity contribution in [3.05, 3.63) is 83.8 Å². The summed E-state index contributed by atoms with van der Waals surface area (Å²) in [5, 5.41) is 1.64. The number of carbonyl (C=O) groups excluding carboxylic acids is 1. The standard InChI is InChI=1S/C24H22ClN5O/c1-17-15-28(19-9-7-18(25)8-10-19)13-14-29(17)23(31)21-16-30(24-26-11-4-12-27-24)22-6-3-2-5-20(21)22/h2-12,16-17H,13-15H2,1H3/t17-/m0/s1. The SMILES string of the molecule is C[C@H]1CN(c2ccc(Cl)cc2)CCN1C(=O)c1cn(-c2ncccn2)c2ccccc12. The van der Waals surface area contributed by atoms with Crippen LogP contribution in [-0.4, -0.2) is 51.0 Å². The lowest BCUT2D eigenvalue weighted by molar-refractivity contribution is 0.0676. The van der Waals surface area contributed by atoms with E-state index in [-0.39, 0.29) is 11.9 Å². The third-order valence-corrected chi connectivity index (χ3v) is 6.04. The van der Waals surface area contributed by atoms with Gasteiger partial charge in [0.15, 0.2) is 0 Å². The van der Waals surface area contributed by atoms with Crippen molar-refractivity contribution in [3.8, 4) is 5.95 Å². The zero-order valence-corrected chi connectivity index (χ0v) is 17.9. The van der Waals surface area contributed by atoms with E-state index in [9.17, 15) is 4.79 Å². The number of hydrogen-bond donors (Lipinski definition) is 0. The van der Waals surface area contributed by atoms with E-state index in [1.54, 1.807) is 18.5 Å². The number of amides is 1. The fourth-order valence-electron chi connectivity index (χ4n) is 4.23. The zero-order valence-electron chi connectivity index (χ0n) is 17.1. The number of benzene rings is 2. The molecule has 6 nitrogen and oxygen atoms in total. The lowest BCUT2D eigenvalue weighted by Gasteiger charge is -2.41. The highest BCUT2D eigenvalue weighted by Crippen LogP contribution is 2.27. The Morgan fingerprint density at radius 1 is 1.00 bits per heavy atom. The first-order valence-electron chi connectivity index (χ1n) is 10.3. The number of fused-ring (bicyclic) bond motifs is 1. The minimum atomic E-state index is 0.0362. The molecule has 2 aromatic carbocycles. The van der Waals surface area contributed by atoms with Gasteiger partial charge in [-0.1, -0.05) is 29.8 Å². The third-order valence-electron chi connectivity index (χ3n) is 5.79. The van der Waals surface area contributed by atoms with Gasteiger partial charge in [0.1, 0.15) is 0 Å². The Bertz CT molecular complexity index is 1220. The number of piperazine rings is 1. The molecule has 1 saturated heterocycles. The van der Waals surface area contributed by atoms with Gasteiger partial charge in [-0.25, -0.2) is 9.97 Å². The van der Waals surface area contributed by atoms with Crippen molar-refractivity contribution in [2.24, 2.45) is 0 Å². The highest BCUT2D eigenvalue weighted by Gasteiger charge is 2.30. The van der Waals surface area contributed by atoms with Crippen molar-refractivity contribution in [1.82, 2.24) is 19.4 Å². The molecule has 7 heteroatoms. The highest BCUT2D eigenvalue weighted by atomic mass is 35.5. The van der Waals surface area contributed by atoms with E-state index in [0.29, 0.717) is 18.1 Å². The second-order valence-electron chi connectivity index (χ2n) is 7.75. The van der Waals surface area contributed by atoms with Crippen LogP contribution in [0.25, 0.3) is 16.9 Å². The number of nitrogens with zero attached hydrogens (tertiary/aromatic N) is 5. The molecule has 0 N–H and O–H groups in total. The minimum absolute atomic E-state index is 0.0362. The quantitative estimate of drug-likeness (QED) is 0.481. The van der Waals surface area contributed by atoms with E-state index in [2.05, 4.69) is 21.8 Å². The van der Waals surface area contributed by atoms with Gasteiger partial charge in [-0.2, -0.15) is 0 Å². The molecule has 0 saturated carbocycles. The van der Waals surface area contributed by atoms with E-state index in [1.165, 1.54) is 0 Å². The van der Waals surface area contributed by atoms with Crippen molar-refractivity contribution in [3.63, 3.8) is 0 Å². The fourth-order valence-corrected chi connectivity index (χ4v) is 4.36.